The average molecular weight is 395 g/mol. The smallest absolute Gasteiger partial charge is 0.342 e. The Labute approximate surface area is 164 Å². The molecule has 0 unspecified atom stereocenters. The summed E-state index contributed by atoms with van der Waals surface area (Å²) >= 11 is 6.17. The summed E-state index contributed by atoms with van der Waals surface area (Å²) in [5, 5.41) is 12.9. The van der Waals surface area contributed by atoms with E-state index >= 15 is 0 Å². The number of carbonyl (C=O) groups is 1. The SMILES string of the molecule is Cc1cc2oc(=O)cc(COC(=O)c3cc4ccccc4cc3O)c2cc1Cl. The van der Waals surface area contributed by atoms with Crippen molar-refractivity contribution in [2.75, 3.05) is 0 Å². The van der Waals surface area contributed by atoms with Gasteiger partial charge in [-0.25, -0.2) is 9.59 Å². The second kappa shape index (κ2) is 7.02. The second-order valence-electron chi connectivity index (χ2n) is 6.48. The summed E-state index contributed by atoms with van der Waals surface area (Å²) in [6, 6.07) is 15.1. The fourth-order valence-corrected chi connectivity index (χ4v) is 3.24. The molecular weight excluding hydrogens is 380 g/mol. The Hall–Kier alpha value is -3.31. The van der Waals surface area contributed by atoms with E-state index in [1.165, 1.54) is 12.1 Å². The van der Waals surface area contributed by atoms with Crippen LogP contribution < -0.4 is 5.63 Å². The number of rotatable bonds is 3. The van der Waals surface area contributed by atoms with Gasteiger partial charge in [-0.05, 0) is 47.5 Å². The minimum Gasteiger partial charge on any atom is -0.507 e. The molecule has 4 aromatic rings. The van der Waals surface area contributed by atoms with E-state index in [-0.39, 0.29) is 17.9 Å². The fraction of sp³-hybridized carbons (Fsp3) is 0.0909. The summed E-state index contributed by atoms with van der Waals surface area (Å²) in [5.41, 5.74) is 1.12. The van der Waals surface area contributed by atoms with Gasteiger partial charge in [0.1, 0.15) is 23.5 Å². The van der Waals surface area contributed by atoms with Gasteiger partial charge in [0, 0.05) is 22.0 Å². The van der Waals surface area contributed by atoms with Gasteiger partial charge in [0.05, 0.1) is 0 Å². The minimum atomic E-state index is -0.692. The van der Waals surface area contributed by atoms with E-state index in [1.807, 2.05) is 24.3 Å². The Morgan fingerprint density at radius 1 is 1.11 bits per heavy atom. The lowest BCUT2D eigenvalue weighted by molar-refractivity contribution is 0.0470. The molecule has 1 aromatic heterocycles. The molecule has 0 radical (unpaired) electrons. The zero-order valence-electron chi connectivity index (χ0n) is 14.9. The summed E-state index contributed by atoms with van der Waals surface area (Å²) < 4.78 is 10.6. The third-order valence-corrected chi connectivity index (χ3v) is 4.96. The van der Waals surface area contributed by atoms with Crippen LogP contribution in [0.4, 0.5) is 0 Å². The lowest BCUT2D eigenvalue weighted by Crippen LogP contribution is -2.08. The van der Waals surface area contributed by atoms with Crippen molar-refractivity contribution >= 4 is 39.3 Å². The molecule has 3 aromatic carbocycles. The van der Waals surface area contributed by atoms with Crippen molar-refractivity contribution in [3.05, 3.63) is 86.7 Å². The molecule has 0 saturated heterocycles. The number of halogens is 1. The number of phenolic OH excluding ortho intramolecular Hbond substituents is 1. The maximum absolute atomic E-state index is 12.5. The molecule has 0 atom stereocenters. The highest BCUT2D eigenvalue weighted by molar-refractivity contribution is 6.32. The molecule has 0 spiro atoms. The van der Waals surface area contributed by atoms with E-state index in [0.717, 1.165) is 16.3 Å². The maximum Gasteiger partial charge on any atom is 0.342 e. The van der Waals surface area contributed by atoms with Gasteiger partial charge in [-0.1, -0.05) is 35.9 Å². The Morgan fingerprint density at radius 3 is 2.57 bits per heavy atom. The van der Waals surface area contributed by atoms with Crippen molar-refractivity contribution in [1.29, 1.82) is 0 Å². The normalized spacial score (nSPS) is 11.1. The number of phenols is 1. The summed E-state index contributed by atoms with van der Waals surface area (Å²) in [5.74, 6) is -0.859. The minimum absolute atomic E-state index is 0.0554. The zero-order valence-corrected chi connectivity index (χ0v) is 15.6. The highest BCUT2D eigenvalue weighted by Crippen LogP contribution is 2.28. The molecule has 1 N–H and O–H groups in total. The van der Waals surface area contributed by atoms with Crippen LogP contribution in [0.3, 0.4) is 0 Å². The Balaban J connectivity index is 1.66. The maximum atomic E-state index is 12.5. The van der Waals surface area contributed by atoms with Gasteiger partial charge in [-0.3, -0.25) is 0 Å². The summed E-state index contributed by atoms with van der Waals surface area (Å²) in [7, 11) is 0. The van der Waals surface area contributed by atoms with Crippen molar-refractivity contribution in [1.82, 2.24) is 0 Å². The van der Waals surface area contributed by atoms with E-state index < -0.39 is 11.6 Å². The first-order valence-corrected chi connectivity index (χ1v) is 8.92. The number of aromatic hydroxyl groups is 1. The first kappa shape index (κ1) is 18.1. The first-order valence-electron chi connectivity index (χ1n) is 8.54. The van der Waals surface area contributed by atoms with Gasteiger partial charge in [0.2, 0.25) is 0 Å². The van der Waals surface area contributed by atoms with Crippen LogP contribution >= 0.6 is 11.6 Å². The van der Waals surface area contributed by atoms with E-state index in [0.29, 0.717) is 21.6 Å². The van der Waals surface area contributed by atoms with Crippen LogP contribution in [0.2, 0.25) is 5.02 Å². The highest BCUT2D eigenvalue weighted by atomic mass is 35.5. The fourth-order valence-electron chi connectivity index (χ4n) is 3.08. The zero-order chi connectivity index (χ0) is 19.8. The molecule has 0 saturated carbocycles. The van der Waals surface area contributed by atoms with Crippen LogP contribution in [0.5, 0.6) is 5.75 Å². The third-order valence-electron chi connectivity index (χ3n) is 4.55. The van der Waals surface area contributed by atoms with Gasteiger partial charge < -0.3 is 14.3 Å². The number of aryl methyl sites for hydroxylation is 1. The van der Waals surface area contributed by atoms with Crippen molar-refractivity contribution in [3.63, 3.8) is 0 Å². The lowest BCUT2D eigenvalue weighted by atomic mass is 10.1. The molecule has 0 aliphatic heterocycles. The van der Waals surface area contributed by atoms with Crippen molar-refractivity contribution in [2.45, 2.75) is 13.5 Å². The van der Waals surface area contributed by atoms with Crippen LogP contribution in [0.15, 0.2) is 63.8 Å². The average Bonchev–Trinajstić information content (AvgIpc) is 2.66. The number of carbonyl (C=O) groups excluding carboxylic acids is 1. The van der Waals surface area contributed by atoms with Gasteiger partial charge in [-0.15, -0.1) is 0 Å². The van der Waals surface area contributed by atoms with Crippen LogP contribution in [-0.4, -0.2) is 11.1 Å². The van der Waals surface area contributed by atoms with Gasteiger partial charge in [-0.2, -0.15) is 0 Å². The molecule has 0 fully saturated rings. The van der Waals surface area contributed by atoms with Crippen LogP contribution in [0.1, 0.15) is 21.5 Å². The highest BCUT2D eigenvalue weighted by Gasteiger charge is 2.16. The number of ether oxygens (including phenoxy) is 1. The molecule has 5 nitrogen and oxygen atoms in total. The summed E-state index contributed by atoms with van der Waals surface area (Å²) in [6.45, 7) is 1.64. The van der Waals surface area contributed by atoms with Crippen molar-refractivity contribution < 1.29 is 19.1 Å². The van der Waals surface area contributed by atoms with Gasteiger partial charge >= 0.3 is 11.6 Å². The number of benzene rings is 3. The monoisotopic (exact) mass is 394 g/mol. The number of hydrogen-bond donors (Lipinski definition) is 1. The Morgan fingerprint density at radius 2 is 1.82 bits per heavy atom. The van der Waals surface area contributed by atoms with Gasteiger partial charge in [0.25, 0.3) is 0 Å². The predicted octanol–water partition coefficient (Wildman–Crippen LogP) is 4.97. The molecule has 28 heavy (non-hydrogen) atoms. The van der Waals surface area contributed by atoms with E-state index in [4.69, 9.17) is 20.8 Å². The molecule has 0 aliphatic carbocycles. The molecular formula is C22H15ClO5. The summed E-state index contributed by atoms with van der Waals surface area (Å²) in [6.07, 6.45) is 0. The molecule has 0 amide bonds. The quantitative estimate of drug-likeness (QED) is 0.392. The second-order valence-corrected chi connectivity index (χ2v) is 6.89. The van der Waals surface area contributed by atoms with Crippen LogP contribution in [0, 0.1) is 6.92 Å². The molecule has 0 aliphatic rings. The topological polar surface area (TPSA) is 76.7 Å². The lowest BCUT2D eigenvalue weighted by Gasteiger charge is -2.10. The van der Waals surface area contributed by atoms with Crippen LogP contribution in [0.25, 0.3) is 21.7 Å². The largest absolute Gasteiger partial charge is 0.507 e. The van der Waals surface area contributed by atoms with Gasteiger partial charge in [0.15, 0.2) is 0 Å². The van der Waals surface area contributed by atoms with Crippen molar-refractivity contribution in [2.24, 2.45) is 0 Å². The molecule has 140 valence electrons. The van der Waals surface area contributed by atoms with Crippen LogP contribution in [-0.2, 0) is 11.3 Å². The number of fused-ring (bicyclic) bond motifs is 2. The molecule has 4 rings (SSSR count). The molecule has 1 heterocycles. The van der Waals surface area contributed by atoms with Crippen molar-refractivity contribution in [3.8, 4) is 5.75 Å². The van der Waals surface area contributed by atoms with E-state index in [9.17, 15) is 14.7 Å². The Kier molecular flexibility index (Phi) is 4.53. The van der Waals surface area contributed by atoms with E-state index in [2.05, 4.69) is 0 Å². The third kappa shape index (κ3) is 3.32. The Bertz CT molecular complexity index is 1290. The standard InChI is InChI=1S/C22H15ClO5/c1-12-6-20-16(10-18(12)23)15(9-21(25)28-20)11-27-22(26)17-7-13-4-2-3-5-14(13)8-19(17)24/h2-10,24H,11H2,1H3. The molecule has 6 heteroatoms. The number of esters is 1. The first-order chi connectivity index (χ1) is 13.4. The predicted molar refractivity (Wildman–Crippen MR) is 107 cm³/mol. The number of hydrogen-bond acceptors (Lipinski definition) is 5. The van der Waals surface area contributed by atoms with E-state index in [1.54, 1.807) is 25.1 Å². The summed E-state index contributed by atoms with van der Waals surface area (Å²) in [4.78, 5) is 24.4. The molecule has 0 bridgehead atoms.